The summed E-state index contributed by atoms with van der Waals surface area (Å²) in [4.78, 5) is 0. The molecular weight excluding hydrogens is 232 g/mol. The third kappa shape index (κ3) is 3.05. The van der Waals surface area contributed by atoms with Gasteiger partial charge in [-0.15, -0.1) is 0 Å². The first-order valence-electron chi connectivity index (χ1n) is 6.03. The Balaban J connectivity index is 1.81. The minimum atomic E-state index is 0.391. The van der Waals surface area contributed by atoms with E-state index in [1.165, 1.54) is 25.7 Å². The molecule has 0 spiro atoms. The Morgan fingerprint density at radius 1 is 1.47 bits per heavy atom. The largest absolute Gasteiger partial charge is 0.449 e. The molecule has 0 aliphatic heterocycles. The summed E-state index contributed by atoms with van der Waals surface area (Å²) in [5.41, 5.74) is 0. The fourth-order valence-electron chi connectivity index (χ4n) is 2.42. The molecule has 1 aromatic rings. The van der Waals surface area contributed by atoms with Crippen LogP contribution in [0.15, 0.2) is 16.5 Å². The minimum Gasteiger partial charge on any atom is -0.449 e. The van der Waals surface area contributed by atoms with E-state index in [0.29, 0.717) is 17.1 Å². The smallest absolute Gasteiger partial charge is 0.203 e. The number of thioether (sulfide) groups is 1. The fourth-order valence-corrected chi connectivity index (χ4v) is 3.36. The Hall–Kier alpha value is -0.920. The number of nitrogens with zero attached hydrogens (tertiary/aromatic N) is 1. The third-order valence-electron chi connectivity index (χ3n) is 3.47. The van der Waals surface area contributed by atoms with Crippen molar-refractivity contribution in [3.05, 3.63) is 23.7 Å². The molecule has 1 aromatic heterocycles. The van der Waals surface area contributed by atoms with Gasteiger partial charge in [0, 0.05) is 11.3 Å². The second-order valence-electron chi connectivity index (χ2n) is 4.58. The second kappa shape index (κ2) is 5.61. The molecule has 2 rings (SSSR count). The summed E-state index contributed by atoms with van der Waals surface area (Å²) >= 11 is 1.98. The summed E-state index contributed by atoms with van der Waals surface area (Å²) < 4.78 is 5.75. The van der Waals surface area contributed by atoms with E-state index in [1.807, 2.05) is 23.9 Å². The molecule has 1 saturated carbocycles. The van der Waals surface area contributed by atoms with E-state index < -0.39 is 0 Å². The summed E-state index contributed by atoms with van der Waals surface area (Å²) in [6.07, 6.45) is 7.52. The second-order valence-corrected chi connectivity index (χ2v) is 5.85. The normalized spacial score (nSPS) is 18.1. The maximum atomic E-state index is 8.66. The van der Waals surface area contributed by atoms with Crippen LogP contribution in [0, 0.1) is 11.3 Å². The van der Waals surface area contributed by atoms with E-state index in [4.69, 9.17) is 9.68 Å². The van der Waals surface area contributed by atoms with Gasteiger partial charge in [-0.05, 0) is 31.2 Å². The summed E-state index contributed by atoms with van der Waals surface area (Å²) in [5.74, 6) is 1.23. The van der Waals surface area contributed by atoms with Crippen molar-refractivity contribution in [3.8, 4) is 6.07 Å². The number of nitriles is 1. The molecule has 92 valence electrons. The molecule has 1 fully saturated rings. The summed E-state index contributed by atoms with van der Waals surface area (Å²) in [6.45, 7) is 1.74. The van der Waals surface area contributed by atoms with Crippen molar-refractivity contribution in [2.75, 3.05) is 12.8 Å². The molecule has 0 amide bonds. The number of hydrogen-bond acceptors (Lipinski definition) is 4. The number of nitrogens with one attached hydrogen (secondary N) is 1. The van der Waals surface area contributed by atoms with Crippen LogP contribution in [0.4, 0.5) is 0 Å². The van der Waals surface area contributed by atoms with Crippen LogP contribution in [0.2, 0.25) is 0 Å². The average Bonchev–Trinajstić information content (AvgIpc) is 2.98. The molecule has 17 heavy (non-hydrogen) atoms. The maximum Gasteiger partial charge on any atom is 0.203 e. The quantitative estimate of drug-likeness (QED) is 0.873. The van der Waals surface area contributed by atoms with Gasteiger partial charge in [0.15, 0.2) is 0 Å². The monoisotopic (exact) mass is 250 g/mol. The van der Waals surface area contributed by atoms with Crippen molar-refractivity contribution < 1.29 is 4.42 Å². The van der Waals surface area contributed by atoms with E-state index >= 15 is 0 Å². The molecule has 0 atom stereocenters. The van der Waals surface area contributed by atoms with Crippen molar-refractivity contribution in [2.24, 2.45) is 0 Å². The molecular formula is C13H18N2OS. The van der Waals surface area contributed by atoms with Crippen LogP contribution in [-0.4, -0.2) is 17.5 Å². The van der Waals surface area contributed by atoms with Gasteiger partial charge in [0.05, 0.1) is 6.54 Å². The molecule has 0 radical (unpaired) electrons. The first-order valence-corrected chi connectivity index (χ1v) is 7.25. The lowest BCUT2D eigenvalue weighted by atomic mass is 10.1. The van der Waals surface area contributed by atoms with E-state index in [1.54, 1.807) is 6.07 Å². The van der Waals surface area contributed by atoms with E-state index in [0.717, 1.165) is 12.3 Å². The van der Waals surface area contributed by atoms with Crippen molar-refractivity contribution in [3.63, 3.8) is 0 Å². The predicted molar refractivity (Wildman–Crippen MR) is 69.8 cm³/mol. The highest BCUT2D eigenvalue weighted by atomic mass is 32.2. The third-order valence-corrected chi connectivity index (χ3v) is 4.88. The van der Waals surface area contributed by atoms with Crippen LogP contribution in [0.5, 0.6) is 0 Å². The molecule has 1 aliphatic carbocycles. The van der Waals surface area contributed by atoms with E-state index in [9.17, 15) is 0 Å². The maximum absolute atomic E-state index is 8.66. The Bertz CT molecular complexity index is 402. The van der Waals surface area contributed by atoms with Crippen LogP contribution in [0.1, 0.15) is 37.2 Å². The van der Waals surface area contributed by atoms with Gasteiger partial charge in [-0.2, -0.15) is 17.0 Å². The Labute approximate surface area is 107 Å². The molecule has 3 nitrogen and oxygen atoms in total. The van der Waals surface area contributed by atoms with Gasteiger partial charge in [-0.1, -0.05) is 12.8 Å². The lowest BCUT2D eigenvalue weighted by Gasteiger charge is -2.26. The van der Waals surface area contributed by atoms with Crippen molar-refractivity contribution in [1.82, 2.24) is 5.32 Å². The number of furan rings is 1. The molecule has 0 aromatic carbocycles. The number of rotatable bonds is 5. The predicted octanol–water partition coefficient (Wildman–Crippen LogP) is 2.92. The zero-order valence-corrected chi connectivity index (χ0v) is 11.0. The Kier molecular flexibility index (Phi) is 4.14. The van der Waals surface area contributed by atoms with Crippen LogP contribution >= 0.6 is 11.8 Å². The van der Waals surface area contributed by atoms with Crippen molar-refractivity contribution in [2.45, 2.75) is 37.0 Å². The topological polar surface area (TPSA) is 49.0 Å². The average molecular weight is 250 g/mol. The molecule has 1 N–H and O–H groups in total. The summed E-state index contributed by atoms with van der Waals surface area (Å²) in [6, 6.07) is 5.59. The van der Waals surface area contributed by atoms with Gasteiger partial charge in [0.25, 0.3) is 0 Å². The fraction of sp³-hybridized carbons (Fsp3) is 0.615. The van der Waals surface area contributed by atoms with Crippen LogP contribution < -0.4 is 5.32 Å². The highest BCUT2D eigenvalue weighted by Gasteiger charge is 2.32. The molecule has 1 heterocycles. The van der Waals surface area contributed by atoms with Crippen LogP contribution in [0.3, 0.4) is 0 Å². The molecule has 4 heteroatoms. The summed E-state index contributed by atoms with van der Waals surface area (Å²) in [7, 11) is 0. The van der Waals surface area contributed by atoms with Crippen LogP contribution in [0.25, 0.3) is 0 Å². The first-order chi connectivity index (χ1) is 8.28. The zero-order valence-electron chi connectivity index (χ0n) is 10.2. The van der Waals surface area contributed by atoms with Crippen LogP contribution in [-0.2, 0) is 6.54 Å². The molecule has 0 bridgehead atoms. The van der Waals surface area contributed by atoms with Gasteiger partial charge in [-0.3, -0.25) is 0 Å². The van der Waals surface area contributed by atoms with Crippen molar-refractivity contribution >= 4 is 11.8 Å². The Morgan fingerprint density at radius 2 is 2.24 bits per heavy atom. The number of hydrogen-bond donors (Lipinski definition) is 1. The zero-order chi connectivity index (χ0) is 12.1. The SMILES string of the molecule is CSC1(CNCc2ccc(C#N)o2)CCCC1. The van der Waals surface area contributed by atoms with E-state index in [-0.39, 0.29) is 0 Å². The minimum absolute atomic E-state index is 0.391. The highest BCUT2D eigenvalue weighted by molar-refractivity contribution is 8.00. The van der Waals surface area contributed by atoms with E-state index in [2.05, 4.69) is 11.6 Å². The van der Waals surface area contributed by atoms with Gasteiger partial charge < -0.3 is 9.73 Å². The van der Waals surface area contributed by atoms with Crippen molar-refractivity contribution in [1.29, 1.82) is 5.26 Å². The summed E-state index contributed by atoms with van der Waals surface area (Å²) in [5, 5.41) is 12.1. The molecule has 1 aliphatic rings. The standard InChI is InChI=1S/C13H18N2OS/c1-17-13(6-2-3-7-13)10-15-9-12-5-4-11(8-14)16-12/h4-5,15H,2-3,6-7,9-10H2,1H3. The Morgan fingerprint density at radius 3 is 2.82 bits per heavy atom. The van der Waals surface area contributed by atoms with Gasteiger partial charge in [0.1, 0.15) is 11.8 Å². The van der Waals surface area contributed by atoms with Gasteiger partial charge >= 0.3 is 0 Å². The van der Waals surface area contributed by atoms with Gasteiger partial charge in [-0.25, -0.2) is 0 Å². The molecule has 0 unspecified atom stereocenters. The lowest BCUT2D eigenvalue weighted by molar-refractivity contribution is 0.455. The first kappa shape index (κ1) is 12.5. The lowest BCUT2D eigenvalue weighted by Crippen LogP contribution is -2.34. The highest BCUT2D eigenvalue weighted by Crippen LogP contribution is 2.39. The van der Waals surface area contributed by atoms with Gasteiger partial charge in [0.2, 0.25) is 5.76 Å². The molecule has 0 saturated heterocycles.